The monoisotopic (exact) mass is 234 g/mol. The summed E-state index contributed by atoms with van der Waals surface area (Å²) >= 11 is 0. The highest BCUT2D eigenvalue weighted by atomic mass is 16.2. The van der Waals surface area contributed by atoms with Crippen LogP contribution in [0, 0.1) is 11.8 Å². The van der Waals surface area contributed by atoms with E-state index in [-0.39, 0.29) is 5.91 Å². The fraction of sp³-hybridized carbons (Fsp3) is 0.667. The molecule has 3 rings (SSSR count). The van der Waals surface area contributed by atoms with Crippen LogP contribution >= 0.6 is 0 Å². The van der Waals surface area contributed by atoms with Gasteiger partial charge in [-0.3, -0.25) is 9.89 Å². The summed E-state index contributed by atoms with van der Waals surface area (Å²) in [6.45, 7) is 1.75. The third-order valence-electron chi connectivity index (χ3n) is 4.12. The zero-order chi connectivity index (χ0) is 11.8. The summed E-state index contributed by atoms with van der Waals surface area (Å²) in [5.41, 5.74) is 6.65. The predicted molar refractivity (Wildman–Crippen MR) is 63.3 cm³/mol. The summed E-state index contributed by atoms with van der Waals surface area (Å²) in [5, 5.41) is 6.51. The fourth-order valence-electron chi connectivity index (χ4n) is 3.18. The van der Waals surface area contributed by atoms with Crippen LogP contribution in [0.2, 0.25) is 0 Å². The van der Waals surface area contributed by atoms with Crippen molar-refractivity contribution in [2.75, 3.05) is 13.1 Å². The van der Waals surface area contributed by atoms with Crippen molar-refractivity contribution in [3.05, 3.63) is 18.0 Å². The maximum atomic E-state index is 12.2. The molecular weight excluding hydrogens is 216 g/mol. The van der Waals surface area contributed by atoms with Gasteiger partial charge in [0.15, 0.2) is 0 Å². The molecule has 1 aromatic rings. The molecule has 5 heteroatoms. The molecule has 1 aromatic heterocycles. The van der Waals surface area contributed by atoms with Gasteiger partial charge in [0.2, 0.25) is 0 Å². The van der Waals surface area contributed by atoms with Crippen molar-refractivity contribution in [2.45, 2.75) is 25.3 Å². The lowest BCUT2D eigenvalue weighted by molar-refractivity contribution is 0.0784. The first-order valence-corrected chi connectivity index (χ1v) is 6.27. The molecule has 1 saturated carbocycles. The lowest BCUT2D eigenvalue weighted by Gasteiger charge is -2.27. The zero-order valence-corrected chi connectivity index (χ0v) is 9.80. The van der Waals surface area contributed by atoms with E-state index in [1.807, 2.05) is 4.90 Å². The first-order chi connectivity index (χ1) is 8.24. The molecule has 17 heavy (non-hydrogen) atoms. The number of aromatic amines is 1. The second kappa shape index (κ2) is 4.14. The molecule has 1 amide bonds. The zero-order valence-electron chi connectivity index (χ0n) is 9.80. The predicted octanol–water partition coefficient (Wildman–Crippen LogP) is 0.609. The molecular formula is C12H18N4O. The Labute approximate surface area is 100 Å². The maximum absolute atomic E-state index is 12.2. The topological polar surface area (TPSA) is 75.0 Å². The second-order valence-electron chi connectivity index (χ2n) is 5.29. The normalized spacial score (nSPS) is 32.5. The molecule has 5 nitrogen and oxygen atoms in total. The van der Waals surface area contributed by atoms with Crippen LogP contribution in [0.4, 0.5) is 0 Å². The van der Waals surface area contributed by atoms with Gasteiger partial charge in [-0.2, -0.15) is 5.10 Å². The molecule has 1 aliphatic heterocycles. The highest BCUT2D eigenvalue weighted by Gasteiger charge is 2.38. The number of nitrogens with two attached hydrogens (primary N) is 1. The second-order valence-corrected chi connectivity index (χ2v) is 5.29. The van der Waals surface area contributed by atoms with Crippen molar-refractivity contribution in [2.24, 2.45) is 17.6 Å². The molecule has 3 N–H and O–H groups in total. The molecule has 0 spiro atoms. The Morgan fingerprint density at radius 1 is 1.41 bits per heavy atom. The Morgan fingerprint density at radius 2 is 2.24 bits per heavy atom. The number of amides is 1. The molecule has 92 valence electrons. The van der Waals surface area contributed by atoms with E-state index in [1.54, 1.807) is 12.4 Å². The number of fused-ring (bicyclic) bond motifs is 1. The number of hydrogen-bond acceptors (Lipinski definition) is 3. The Hall–Kier alpha value is -1.36. The van der Waals surface area contributed by atoms with Gasteiger partial charge in [-0.05, 0) is 31.1 Å². The maximum Gasteiger partial charge on any atom is 0.257 e. The van der Waals surface area contributed by atoms with E-state index < -0.39 is 0 Å². The molecule has 2 fully saturated rings. The van der Waals surface area contributed by atoms with Gasteiger partial charge >= 0.3 is 0 Å². The van der Waals surface area contributed by atoms with Crippen molar-refractivity contribution >= 4 is 5.91 Å². The molecule has 2 heterocycles. The van der Waals surface area contributed by atoms with E-state index in [4.69, 9.17) is 5.73 Å². The third kappa shape index (κ3) is 1.95. The molecule has 2 aliphatic rings. The van der Waals surface area contributed by atoms with E-state index in [2.05, 4.69) is 10.2 Å². The van der Waals surface area contributed by atoms with Crippen molar-refractivity contribution < 1.29 is 4.79 Å². The molecule has 1 aliphatic carbocycles. The quantitative estimate of drug-likeness (QED) is 0.747. The molecule has 3 atom stereocenters. The fourth-order valence-corrected chi connectivity index (χ4v) is 3.18. The van der Waals surface area contributed by atoms with Crippen molar-refractivity contribution in [3.8, 4) is 0 Å². The van der Waals surface area contributed by atoms with E-state index in [0.717, 1.165) is 25.9 Å². The number of hydrogen-bond donors (Lipinski definition) is 2. The lowest BCUT2D eigenvalue weighted by Crippen LogP contribution is -2.32. The standard InChI is InChI=1S/C12H18N4O/c13-11-2-1-8-6-16(7-9(8)3-11)12(17)10-4-14-15-5-10/h4-5,8-9,11H,1-3,6-7,13H2,(H,14,15)/t8-,9+,11?/m0/s1. The number of nitrogens with one attached hydrogen (secondary N) is 1. The minimum atomic E-state index is 0.0988. The first kappa shape index (κ1) is 10.8. The number of carbonyl (C=O) groups is 1. The molecule has 1 unspecified atom stereocenters. The number of nitrogens with zero attached hydrogens (tertiary/aromatic N) is 2. The Balaban J connectivity index is 1.69. The summed E-state index contributed by atoms with van der Waals surface area (Å²) in [6.07, 6.45) is 6.60. The first-order valence-electron chi connectivity index (χ1n) is 6.27. The Kier molecular flexibility index (Phi) is 2.63. The minimum absolute atomic E-state index is 0.0988. The van der Waals surface area contributed by atoms with Crippen LogP contribution in [0.3, 0.4) is 0 Å². The van der Waals surface area contributed by atoms with Gasteiger partial charge in [0.25, 0.3) is 5.91 Å². The Bertz CT molecular complexity index is 403. The average Bonchev–Trinajstić information content (AvgIpc) is 2.96. The minimum Gasteiger partial charge on any atom is -0.338 e. The smallest absolute Gasteiger partial charge is 0.257 e. The van der Waals surface area contributed by atoms with Crippen LogP contribution < -0.4 is 5.73 Å². The van der Waals surface area contributed by atoms with Crippen LogP contribution in [0.15, 0.2) is 12.4 Å². The van der Waals surface area contributed by atoms with Crippen molar-refractivity contribution in [1.29, 1.82) is 0 Å². The number of rotatable bonds is 1. The van der Waals surface area contributed by atoms with E-state index in [9.17, 15) is 4.79 Å². The summed E-state index contributed by atoms with van der Waals surface area (Å²) < 4.78 is 0. The Morgan fingerprint density at radius 3 is 3.00 bits per heavy atom. The SMILES string of the molecule is NC1CC[C@H]2CN(C(=O)c3cn[nH]c3)C[C@H]2C1. The molecule has 1 saturated heterocycles. The van der Waals surface area contributed by atoms with Crippen LogP contribution in [-0.4, -0.2) is 40.1 Å². The average molecular weight is 234 g/mol. The molecule has 0 bridgehead atoms. The van der Waals surface area contributed by atoms with Crippen LogP contribution in [0.5, 0.6) is 0 Å². The van der Waals surface area contributed by atoms with Gasteiger partial charge in [-0.25, -0.2) is 0 Å². The third-order valence-corrected chi connectivity index (χ3v) is 4.12. The number of aromatic nitrogens is 2. The largest absolute Gasteiger partial charge is 0.338 e. The summed E-state index contributed by atoms with van der Waals surface area (Å²) in [4.78, 5) is 14.1. The van der Waals surface area contributed by atoms with E-state index >= 15 is 0 Å². The van der Waals surface area contributed by atoms with Gasteiger partial charge in [0.1, 0.15) is 0 Å². The van der Waals surface area contributed by atoms with Crippen LogP contribution in [-0.2, 0) is 0 Å². The summed E-state index contributed by atoms with van der Waals surface area (Å²) in [6, 6.07) is 0.334. The van der Waals surface area contributed by atoms with E-state index in [0.29, 0.717) is 23.4 Å². The summed E-state index contributed by atoms with van der Waals surface area (Å²) in [5.74, 6) is 1.36. The van der Waals surface area contributed by atoms with Crippen molar-refractivity contribution in [1.82, 2.24) is 15.1 Å². The van der Waals surface area contributed by atoms with Crippen LogP contribution in [0.1, 0.15) is 29.6 Å². The van der Waals surface area contributed by atoms with Gasteiger partial charge in [-0.15, -0.1) is 0 Å². The summed E-state index contributed by atoms with van der Waals surface area (Å²) in [7, 11) is 0. The number of likely N-dealkylation sites (tertiary alicyclic amines) is 1. The highest BCUT2D eigenvalue weighted by Crippen LogP contribution is 2.36. The lowest BCUT2D eigenvalue weighted by atomic mass is 9.79. The van der Waals surface area contributed by atoms with Gasteiger partial charge in [0, 0.05) is 25.3 Å². The van der Waals surface area contributed by atoms with Gasteiger partial charge in [0.05, 0.1) is 11.8 Å². The highest BCUT2D eigenvalue weighted by molar-refractivity contribution is 5.93. The van der Waals surface area contributed by atoms with Gasteiger partial charge in [-0.1, -0.05) is 0 Å². The van der Waals surface area contributed by atoms with Gasteiger partial charge < -0.3 is 10.6 Å². The number of carbonyl (C=O) groups excluding carboxylic acids is 1. The van der Waals surface area contributed by atoms with Crippen molar-refractivity contribution in [3.63, 3.8) is 0 Å². The van der Waals surface area contributed by atoms with Crippen LogP contribution in [0.25, 0.3) is 0 Å². The molecule has 0 aromatic carbocycles. The van der Waals surface area contributed by atoms with E-state index in [1.165, 1.54) is 6.42 Å². The molecule has 0 radical (unpaired) electrons. The number of H-pyrrole nitrogens is 1.